The summed E-state index contributed by atoms with van der Waals surface area (Å²) in [7, 11) is 0. The normalized spacial score (nSPS) is 39.4. The maximum absolute atomic E-state index is 9.78. The summed E-state index contributed by atoms with van der Waals surface area (Å²) in [4.78, 5) is 0. The molecule has 0 aliphatic heterocycles. The molecule has 0 aromatic carbocycles. The molecule has 3 heteroatoms. The summed E-state index contributed by atoms with van der Waals surface area (Å²) in [6, 6.07) is 0. The Balaban J connectivity index is 0.00000144. The van der Waals surface area contributed by atoms with Crippen molar-refractivity contribution in [2.45, 2.75) is 44.1 Å². The lowest BCUT2D eigenvalue weighted by Gasteiger charge is -2.37. The molecule has 1 saturated carbocycles. The van der Waals surface area contributed by atoms with Crippen LogP contribution in [-0.2, 0) is 0 Å². The molecule has 0 bridgehead atoms. The highest BCUT2D eigenvalue weighted by atomic mass is 35.5. The van der Waals surface area contributed by atoms with Crippen molar-refractivity contribution >= 4 is 11.6 Å². The van der Waals surface area contributed by atoms with Gasteiger partial charge in [0.15, 0.2) is 0 Å². The standard InChI is InChI=1S/C10H17ClO.H3N/c1-7(2)8-4-5-10(3,12)9(11)6-8;/h8-9,12H,1,4-6H2,2-3H3;1H3. The van der Waals surface area contributed by atoms with Gasteiger partial charge in [0, 0.05) is 0 Å². The Kier molecular flexibility index (Phi) is 4.43. The van der Waals surface area contributed by atoms with Gasteiger partial charge in [0.25, 0.3) is 0 Å². The number of alkyl halides is 1. The summed E-state index contributed by atoms with van der Waals surface area (Å²) in [6.45, 7) is 7.78. The molecule has 1 rings (SSSR count). The van der Waals surface area contributed by atoms with Gasteiger partial charge in [0.1, 0.15) is 0 Å². The van der Waals surface area contributed by atoms with E-state index >= 15 is 0 Å². The predicted molar refractivity (Wildman–Crippen MR) is 57.4 cm³/mol. The molecule has 3 atom stereocenters. The highest BCUT2D eigenvalue weighted by molar-refractivity contribution is 6.21. The molecule has 13 heavy (non-hydrogen) atoms. The molecule has 1 fully saturated rings. The van der Waals surface area contributed by atoms with Gasteiger partial charge in [-0.3, -0.25) is 0 Å². The zero-order valence-corrected chi connectivity index (χ0v) is 9.27. The summed E-state index contributed by atoms with van der Waals surface area (Å²) in [6.07, 6.45) is 2.67. The first-order valence-corrected chi connectivity index (χ1v) is 4.89. The Morgan fingerprint density at radius 2 is 2.15 bits per heavy atom. The second-order valence-electron chi connectivity index (χ2n) is 4.14. The summed E-state index contributed by atoms with van der Waals surface area (Å²) in [5.74, 6) is 0.507. The lowest BCUT2D eigenvalue weighted by molar-refractivity contribution is 0.0170. The second-order valence-corrected chi connectivity index (χ2v) is 4.67. The Hall–Kier alpha value is -0.0500. The minimum Gasteiger partial charge on any atom is -0.389 e. The number of halogens is 1. The van der Waals surface area contributed by atoms with Gasteiger partial charge in [-0.2, -0.15) is 0 Å². The zero-order valence-electron chi connectivity index (χ0n) is 8.52. The van der Waals surface area contributed by atoms with E-state index in [1.54, 1.807) is 0 Å². The van der Waals surface area contributed by atoms with Crippen LogP contribution in [0, 0.1) is 5.92 Å². The monoisotopic (exact) mass is 205 g/mol. The van der Waals surface area contributed by atoms with Crippen LogP contribution < -0.4 is 6.15 Å². The Morgan fingerprint density at radius 1 is 1.62 bits per heavy atom. The van der Waals surface area contributed by atoms with Gasteiger partial charge in [-0.05, 0) is 39.0 Å². The SMILES string of the molecule is C=C(C)C1CCC(C)(O)C(Cl)C1.N. The molecule has 4 N–H and O–H groups in total. The third-order valence-corrected chi connectivity index (χ3v) is 3.51. The number of hydrogen-bond acceptors (Lipinski definition) is 2. The molecule has 0 radical (unpaired) electrons. The molecule has 0 amide bonds. The van der Waals surface area contributed by atoms with E-state index in [1.165, 1.54) is 5.57 Å². The third-order valence-electron chi connectivity index (χ3n) is 2.86. The highest BCUT2D eigenvalue weighted by Crippen LogP contribution is 2.37. The molecule has 0 heterocycles. The molecular weight excluding hydrogens is 186 g/mol. The van der Waals surface area contributed by atoms with Gasteiger partial charge < -0.3 is 11.3 Å². The van der Waals surface area contributed by atoms with Crippen molar-refractivity contribution in [3.8, 4) is 0 Å². The lowest BCUT2D eigenvalue weighted by Crippen LogP contribution is -2.41. The number of hydrogen-bond donors (Lipinski definition) is 2. The van der Waals surface area contributed by atoms with E-state index in [0.717, 1.165) is 19.3 Å². The van der Waals surface area contributed by atoms with Crippen LogP contribution in [0.1, 0.15) is 33.1 Å². The van der Waals surface area contributed by atoms with Crippen LogP contribution in [0.3, 0.4) is 0 Å². The van der Waals surface area contributed by atoms with Gasteiger partial charge in [0.2, 0.25) is 0 Å². The summed E-state index contributed by atoms with van der Waals surface area (Å²) in [5.41, 5.74) is 0.518. The zero-order chi connectivity index (χ0) is 9.35. The van der Waals surface area contributed by atoms with Crippen molar-refractivity contribution in [1.82, 2.24) is 6.15 Å². The molecule has 0 aromatic rings. The molecule has 3 unspecified atom stereocenters. The van der Waals surface area contributed by atoms with Gasteiger partial charge in [-0.25, -0.2) is 0 Å². The quantitative estimate of drug-likeness (QED) is 0.511. The molecular formula is C10H20ClNO. The fourth-order valence-corrected chi connectivity index (χ4v) is 2.02. The number of allylic oxidation sites excluding steroid dienone is 1. The van der Waals surface area contributed by atoms with Crippen LogP contribution >= 0.6 is 11.6 Å². The highest BCUT2D eigenvalue weighted by Gasteiger charge is 2.37. The predicted octanol–water partition coefficient (Wildman–Crippen LogP) is 2.88. The first-order chi connectivity index (χ1) is 5.43. The molecule has 0 saturated heterocycles. The van der Waals surface area contributed by atoms with Crippen molar-refractivity contribution < 1.29 is 5.11 Å². The average Bonchev–Trinajstić information content (AvgIpc) is 1.94. The van der Waals surface area contributed by atoms with Crippen molar-refractivity contribution in [2.24, 2.45) is 5.92 Å². The van der Waals surface area contributed by atoms with Crippen molar-refractivity contribution in [2.75, 3.05) is 0 Å². The first kappa shape index (κ1) is 12.9. The van der Waals surface area contributed by atoms with E-state index < -0.39 is 5.60 Å². The van der Waals surface area contributed by atoms with E-state index in [-0.39, 0.29) is 11.5 Å². The fraction of sp³-hybridized carbons (Fsp3) is 0.800. The van der Waals surface area contributed by atoms with Crippen LogP contribution in [0.5, 0.6) is 0 Å². The Bertz CT molecular complexity index is 191. The van der Waals surface area contributed by atoms with Crippen LogP contribution in [-0.4, -0.2) is 16.1 Å². The summed E-state index contributed by atoms with van der Waals surface area (Å²) >= 11 is 6.06. The molecule has 2 nitrogen and oxygen atoms in total. The molecule has 78 valence electrons. The number of aliphatic hydroxyl groups is 1. The molecule has 0 spiro atoms. The molecule has 1 aliphatic carbocycles. The minimum absolute atomic E-state index is 0. The molecule has 1 aliphatic rings. The van der Waals surface area contributed by atoms with Gasteiger partial charge in [-0.15, -0.1) is 11.6 Å². The van der Waals surface area contributed by atoms with E-state index in [4.69, 9.17) is 11.6 Å². The number of rotatable bonds is 1. The summed E-state index contributed by atoms with van der Waals surface area (Å²) in [5, 5.41) is 9.66. The minimum atomic E-state index is -0.673. The molecule has 0 aromatic heterocycles. The van der Waals surface area contributed by atoms with Crippen LogP contribution in [0.25, 0.3) is 0 Å². The first-order valence-electron chi connectivity index (χ1n) is 4.45. The van der Waals surface area contributed by atoms with Crippen LogP contribution in [0.4, 0.5) is 0 Å². The Morgan fingerprint density at radius 3 is 2.54 bits per heavy atom. The topological polar surface area (TPSA) is 55.2 Å². The maximum atomic E-state index is 9.78. The lowest BCUT2D eigenvalue weighted by atomic mass is 9.77. The van der Waals surface area contributed by atoms with Gasteiger partial charge in [0.05, 0.1) is 11.0 Å². The Labute approximate surface area is 85.6 Å². The van der Waals surface area contributed by atoms with Gasteiger partial charge >= 0.3 is 0 Å². The average molecular weight is 206 g/mol. The summed E-state index contributed by atoms with van der Waals surface area (Å²) < 4.78 is 0. The smallest absolute Gasteiger partial charge is 0.0783 e. The largest absolute Gasteiger partial charge is 0.389 e. The fourth-order valence-electron chi connectivity index (χ4n) is 1.69. The maximum Gasteiger partial charge on any atom is 0.0783 e. The van der Waals surface area contributed by atoms with E-state index in [2.05, 4.69) is 6.58 Å². The van der Waals surface area contributed by atoms with E-state index in [0.29, 0.717) is 5.92 Å². The van der Waals surface area contributed by atoms with E-state index in [1.807, 2.05) is 13.8 Å². The second kappa shape index (κ2) is 4.45. The van der Waals surface area contributed by atoms with Crippen LogP contribution in [0.2, 0.25) is 0 Å². The van der Waals surface area contributed by atoms with Crippen molar-refractivity contribution in [3.63, 3.8) is 0 Å². The van der Waals surface area contributed by atoms with Gasteiger partial charge in [-0.1, -0.05) is 12.2 Å². The third kappa shape index (κ3) is 2.97. The van der Waals surface area contributed by atoms with E-state index in [9.17, 15) is 5.11 Å². The van der Waals surface area contributed by atoms with Crippen molar-refractivity contribution in [1.29, 1.82) is 0 Å². The van der Waals surface area contributed by atoms with Crippen LogP contribution in [0.15, 0.2) is 12.2 Å². The van der Waals surface area contributed by atoms with Crippen molar-refractivity contribution in [3.05, 3.63) is 12.2 Å².